The maximum absolute atomic E-state index is 11.8. The summed E-state index contributed by atoms with van der Waals surface area (Å²) in [4.78, 5) is 20.2. The Morgan fingerprint density at radius 3 is 2.56 bits per heavy atom. The quantitative estimate of drug-likeness (QED) is 0.858. The van der Waals surface area contributed by atoms with Gasteiger partial charge in [-0.15, -0.1) is 0 Å². The van der Waals surface area contributed by atoms with Crippen LogP contribution in [0.2, 0.25) is 0 Å². The average Bonchev–Trinajstić information content (AvgIpc) is 2.37. The third-order valence-electron chi connectivity index (χ3n) is 2.76. The molecule has 0 radical (unpaired) electrons. The molecule has 0 spiro atoms. The van der Waals surface area contributed by atoms with Crippen LogP contribution in [0.5, 0.6) is 0 Å². The fraction of sp³-hybridized carbons (Fsp3) is 0.308. The molecule has 1 unspecified atom stereocenters. The first-order chi connectivity index (χ1) is 8.58. The molecule has 3 N–H and O–H groups in total. The topological polar surface area (TPSA) is 80.9 Å². The van der Waals surface area contributed by atoms with E-state index in [1.807, 2.05) is 19.9 Å². The van der Waals surface area contributed by atoms with Gasteiger partial charge in [-0.05, 0) is 24.1 Å². The number of benzene rings is 1. The minimum atomic E-state index is -0.512. The summed E-state index contributed by atoms with van der Waals surface area (Å²) in [5.74, 6) is -0.0847. The summed E-state index contributed by atoms with van der Waals surface area (Å²) in [5.41, 5.74) is 8.00. The number of carbonyl (C=O) groups excluding carboxylic acids is 1. The van der Waals surface area contributed by atoms with Gasteiger partial charge in [-0.1, -0.05) is 13.8 Å². The second kappa shape index (κ2) is 5.10. The van der Waals surface area contributed by atoms with Crippen LogP contribution in [0.3, 0.4) is 0 Å². The van der Waals surface area contributed by atoms with E-state index in [0.29, 0.717) is 5.69 Å². The lowest BCUT2D eigenvalue weighted by Crippen LogP contribution is -2.39. The van der Waals surface area contributed by atoms with Crippen LogP contribution in [0.1, 0.15) is 13.8 Å². The van der Waals surface area contributed by atoms with Gasteiger partial charge in [0.05, 0.1) is 17.1 Å². The van der Waals surface area contributed by atoms with Gasteiger partial charge in [-0.2, -0.15) is 0 Å². The number of hydrogen-bond donors (Lipinski definition) is 2. The van der Waals surface area contributed by atoms with Gasteiger partial charge in [-0.25, -0.2) is 0 Å². The van der Waals surface area contributed by atoms with Gasteiger partial charge in [0.15, 0.2) is 0 Å². The molecule has 2 aromatic rings. The van der Waals surface area contributed by atoms with Gasteiger partial charge < -0.3 is 11.1 Å². The Hall–Kier alpha value is -2.01. The Bertz CT molecular complexity index is 568. The van der Waals surface area contributed by atoms with E-state index < -0.39 is 6.04 Å². The van der Waals surface area contributed by atoms with Crippen molar-refractivity contribution < 1.29 is 4.79 Å². The third kappa shape index (κ3) is 2.62. The van der Waals surface area contributed by atoms with Crippen LogP contribution in [0.25, 0.3) is 11.0 Å². The summed E-state index contributed by atoms with van der Waals surface area (Å²) in [6.45, 7) is 3.83. The fourth-order valence-electron chi connectivity index (χ4n) is 1.57. The molecule has 0 bridgehead atoms. The highest BCUT2D eigenvalue weighted by Crippen LogP contribution is 2.15. The minimum Gasteiger partial charge on any atom is -0.325 e. The van der Waals surface area contributed by atoms with Crippen molar-refractivity contribution in [2.75, 3.05) is 5.32 Å². The molecular weight excluding hydrogens is 228 g/mol. The van der Waals surface area contributed by atoms with E-state index in [9.17, 15) is 4.79 Å². The number of rotatable bonds is 3. The first-order valence-corrected chi connectivity index (χ1v) is 5.85. The summed E-state index contributed by atoms with van der Waals surface area (Å²) >= 11 is 0. The number of hydrogen-bond acceptors (Lipinski definition) is 4. The zero-order valence-corrected chi connectivity index (χ0v) is 10.4. The van der Waals surface area contributed by atoms with Crippen LogP contribution < -0.4 is 11.1 Å². The van der Waals surface area contributed by atoms with Crippen LogP contribution in [-0.4, -0.2) is 21.9 Å². The van der Waals surface area contributed by atoms with Crippen molar-refractivity contribution in [2.24, 2.45) is 11.7 Å². The number of carbonyl (C=O) groups is 1. The average molecular weight is 244 g/mol. The summed E-state index contributed by atoms with van der Waals surface area (Å²) in [6.07, 6.45) is 3.25. The standard InChI is InChI=1S/C13H16N4O/c1-8(2)12(14)13(18)17-9-3-4-10-11(7-9)16-6-5-15-10/h3-8,12H,14H2,1-2H3,(H,17,18). The number of anilines is 1. The fourth-order valence-corrected chi connectivity index (χ4v) is 1.57. The van der Waals surface area contributed by atoms with E-state index in [4.69, 9.17) is 5.73 Å². The summed E-state index contributed by atoms with van der Waals surface area (Å²) < 4.78 is 0. The van der Waals surface area contributed by atoms with E-state index in [-0.39, 0.29) is 11.8 Å². The first kappa shape index (κ1) is 12.4. The molecule has 1 atom stereocenters. The zero-order valence-electron chi connectivity index (χ0n) is 10.4. The predicted octanol–water partition coefficient (Wildman–Crippen LogP) is 1.55. The SMILES string of the molecule is CC(C)C(N)C(=O)Nc1ccc2nccnc2c1. The van der Waals surface area contributed by atoms with Crippen LogP contribution in [0.15, 0.2) is 30.6 Å². The highest BCUT2D eigenvalue weighted by molar-refractivity contribution is 5.96. The highest BCUT2D eigenvalue weighted by atomic mass is 16.2. The van der Waals surface area contributed by atoms with Crippen LogP contribution in [0.4, 0.5) is 5.69 Å². The summed E-state index contributed by atoms with van der Waals surface area (Å²) in [5, 5.41) is 2.78. The molecule has 5 heteroatoms. The highest BCUT2D eigenvalue weighted by Gasteiger charge is 2.17. The number of aromatic nitrogens is 2. The zero-order chi connectivity index (χ0) is 13.1. The summed E-state index contributed by atoms with van der Waals surface area (Å²) in [6, 6.07) is 4.89. The molecular formula is C13H16N4O. The van der Waals surface area contributed by atoms with Crippen LogP contribution in [0, 0.1) is 5.92 Å². The monoisotopic (exact) mass is 244 g/mol. The third-order valence-corrected chi connectivity index (χ3v) is 2.76. The van der Waals surface area contributed by atoms with Crippen LogP contribution >= 0.6 is 0 Å². The molecule has 1 amide bonds. The van der Waals surface area contributed by atoms with Crippen molar-refractivity contribution >= 4 is 22.6 Å². The van der Waals surface area contributed by atoms with Crippen LogP contribution in [-0.2, 0) is 4.79 Å². The van der Waals surface area contributed by atoms with Gasteiger partial charge in [0, 0.05) is 18.1 Å². The molecule has 0 saturated carbocycles. The summed E-state index contributed by atoms with van der Waals surface area (Å²) in [7, 11) is 0. The number of fused-ring (bicyclic) bond motifs is 1. The molecule has 1 heterocycles. The maximum atomic E-state index is 11.8. The van der Waals surface area contributed by atoms with E-state index in [2.05, 4.69) is 15.3 Å². The Balaban J connectivity index is 2.19. The molecule has 1 aromatic carbocycles. The van der Waals surface area contributed by atoms with Gasteiger partial charge in [0.25, 0.3) is 0 Å². The number of nitrogens with zero attached hydrogens (tertiary/aromatic N) is 2. The van der Waals surface area contributed by atoms with Crippen molar-refractivity contribution in [1.29, 1.82) is 0 Å². The van der Waals surface area contributed by atoms with Crippen molar-refractivity contribution in [3.8, 4) is 0 Å². The largest absolute Gasteiger partial charge is 0.325 e. The lowest BCUT2D eigenvalue weighted by atomic mass is 10.0. The predicted molar refractivity (Wildman–Crippen MR) is 71.0 cm³/mol. The molecule has 5 nitrogen and oxygen atoms in total. The van der Waals surface area contributed by atoms with Gasteiger partial charge in [0.2, 0.25) is 5.91 Å². The maximum Gasteiger partial charge on any atom is 0.241 e. The Morgan fingerprint density at radius 2 is 1.89 bits per heavy atom. The molecule has 18 heavy (non-hydrogen) atoms. The Morgan fingerprint density at radius 1 is 1.22 bits per heavy atom. The first-order valence-electron chi connectivity index (χ1n) is 5.85. The van der Waals surface area contributed by atoms with Gasteiger partial charge >= 0.3 is 0 Å². The molecule has 1 aromatic heterocycles. The second-order valence-corrected chi connectivity index (χ2v) is 4.52. The molecule has 0 aliphatic heterocycles. The lowest BCUT2D eigenvalue weighted by Gasteiger charge is -2.15. The molecule has 0 aliphatic carbocycles. The number of nitrogens with two attached hydrogens (primary N) is 1. The Kier molecular flexibility index (Phi) is 3.53. The molecule has 94 valence electrons. The second-order valence-electron chi connectivity index (χ2n) is 4.52. The minimum absolute atomic E-state index is 0.102. The smallest absolute Gasteiger partial charge is 0.241 e. The molecule has 0 aliphatic rings. The van der Waals surface area contributed by atoms with Crippen molar-refractivity contribution in [2.45, 2.75) is 19.9 Å². The van der Waals surface area contributed by atoms with E-state index in [1.165, 1.54) is 0 Å². The van der Waals surface area contributed by atoms with Crippen molar-refractivity contribution in [3.63, 3.8) is 0 Å². The number of nitrogens with one attached hydrogen (secondary N) is 1. The molecule has 2 rings (SSSR count). The van der Waals surface area contributed by atoms with E-state index >= 15 is 0 Å². The Labute approximate surface area is 105 Å². The van der Waals surface area contributed by atoms with Crippen molar-refractivity contribution in [3.05, 3.63) is 30.6 Å². The normalized spacial score (nSPS) is 12.7. The van der Waals surface area contributed by atoms with Gasteiger partial charge in [0.1, 0.15) is 0 Å². The number of amides is 1. The molecule has 0 fully saturated rings. The van der Waals surface area contributed by atoms with E-state index in [1.54, 1.807) is 24.5 Å². The van der Waals surface area contributed by atoms with Gasteiger partial charge in [-0.3, -0.25) is 14.8 Å². The van der Waals surface area contributed by atoms with E-state index in [0.717, 1.165) is 11.0 Å². The molecule has 0 saturated heterocycles. The van der Waals surface area contributed by atoms with Crippen molar-refractivity contribution in [1.82, 2.24) is 9.97 Å². The lowest BCUT2D eigenvalue weighted by molar-refractivity contribution is -0.118.